The Morgan fingerprint density at radius 2 is 2.00 bits per heavy atom. The Balaban J connectivity index is 0.00000289. The molecule has 3 aromatic rings. The van der Waals surface area contributed by atoms with Gasteiger partial charge in [0.25, 0.3) is 0 Å². The second kappa shape index (κ2) is 11.3. The van der Waals surface area contributed by atoms with E-state index < -0.39 is 0 Å². The van der Waals surface area contributed by atoms with Crippen LogP contribution in [-0.2, 0) is 17.6 Å². The van der Waals surface area contributed by atoms with E-state index in [2.05, 4.69) is 26.7 Å². The van der Waals surface area contributed by atoms with Crippen LogP contribution >= 0.6 is 24.0 Å². The van der Waals surface area contributed by atoms with Crippen LogP contribution in [0, 0.1) is 5.82 Å². The van der Waals surface area contributed by atoms with Gasteiger partial charge in [-0.3, -0.25) is 9.79 Å². The van der Waals surface area contributed by atoms with E-state index in [1.165, 1.54) is 11.6 Å². The fourth-order valence-electron chi connectivity index (χ4n) is 4.07. The molecular formula is C24H29FIN5O. The standard InChI is InChI=1S/C24H28FN5O.HI/c1-26-24(28-13-10-18-16-29-21-9-8-19(25)15-20(18)21)27-12-4-7-23(31)30-14-11-17-5-2-3-6-22(17)30;/h2-3,5-6,8-9,15-16,29H,4,7,10-14H2,1H3,(H2,26,27,28);1H. The molecule has 0 spiro atoms. The van der Waals surface area contributed by atoms with Crippen molar-refractivity contribution in [3.63, 3.8) is 0 Å². The summed E-state index contributed by atoms with van der Waals surface area (Å²) >= 11 is 0. The predicted octanol–water partition coefficient (Wildman–Crippen LogP) is 4.00. The number of para-hydroxylation sites is 1. The Hall–Kier alpha value is -2.62. The molecule has 2 heterocycles. The van der Waals surface area contributed by atoms with E-state index in [1.807, 2.05) is 29.3 Å². The Morgan fingerprint density at radius 3 is 2.84 bits per heavy atom. The number of rotatable bonds is 7. The molecule has 0 aliphatic carbocycles. The van der Waals surface area contributed by atoms with Gasteiger partial charge in [0.15, 0.2) is 5.96 Å². The number of benzene rings is 2. The molecule has 0 bridgehead atoms. The molecular weight excluding hydrogens is 520 g/mol. The van der Waals surface area contributed by atoms with Crippen molar-refractivity contribution < 1.29 is 9.18 Å². The zero-order valence-electron chi connectivity index (χ0n) is 18.2. The third-order valence-electron chi connectivity index (χ3n) is 5.69. The minimum absolute atomic E-state index is 0. The maximum atomic E-state index is 13.5. The van der Waals surface area contributed by atoms with Crippen molar-refractivity contribution in [2.45, 2.75) is 25.7 Å². The number of aromatic amines is 1. The number of nitrogens with zero attached hydrogens (tertiary/aromatic N) is 2. The average molecular weight is 549 g/mol. The van der Waals surface area contributed by atoms with Crippen LogP contribution in [-0.4, -0.2) is 43.5 Å². The van der Waals surface area contributed by atoms with Crippen LogP contribution < -0.4 is 15.5 Å². The van der Waals surface area contributed by atoms with Crippen molar-refractivity contribution in [1.82, 2.24) is 15.6 Å². The van der Waals surface area contributed by atoms with E-state index in [1.54, 1.807) is 19.2 Å². The van der Waals surface area contributed by atoms with Gasteiger partial charge in [-0.15, -0.1) is 24.0 Å². The summed E-state index contributed by atoms with van der Waals surface area (Å²) in [6.07, 6.45) is 4.83. The van der Waals surface area contributed by atoms with Crippen molar-refractivity contribution >= 4 is 52.4 Å². The smallest absolute Gasteiger partial charge is 0.227 e. The van der Waals surface area contributed by atoms with Crippen LogP contribution in [0.15, 0.2) is 53.7 Å². The van der Waals surface area contributed by atoms with Gasteiger partial charge in [-0.25, -0.2) is 4.39 Å². The molecule has 1 aliphatic rings. The summed E-state index contributed by atoms with van der Waals surface area (Å²) in [6.45, 7) is 2.11. The minimum Gasteiger partial charge on any atom is -0.361 e. The first-order valence-corrected chi connectivity index (χ1v) is 10.7. The number of aliphatic imine (C=N–C) groups is 1. The van der Waals surface area contributed by atoms with Gasteiger partial charge in [0.05, 0.1) is 0 Å². The highest BCUT2D eigenvalue weighted by molar-refractivity contribution is 14.0. The zero-order valence-corrected chi connectivity index (χ0v) is 20.5. The average Bonchev–Trinajstić information content (AvgIpc) is 3.39. The number of carbonyl (C=O) groups is 1. The van der Waals surface area contributed by atoms with Gasteiger partial charge in [-0.1, -0.05) is 18.2 Å². The number of halogens is 2. The molecule has 1 aliphatic heterocycles. The number of H-pyrrole nitrogens is 1. The van der Waals surface area contributed by atoms with Crippen molar-refractivity contribution in [2.75, 3.05) is 31.6 Å². The van der Waals surface area contributed by atoms with Crippen LogP contribution in [0.3, 0.4) is 0 Å². The topological polar surface area (TPSA) is 72.5 Å². The Bertz CT molecular complexity index is 1100. The number of guanidine groups is 1. The van der Waals surface area contributed by atoms with Gasteiger partial charge >= 0.3 is 0 Å². The van der Waals surface area contributed by atoms with Crippen LogP contribution in [0.2, 0.25) is 0 Å². The highest BCUT2D eigenvalue weighted by Gasteiger charge is 2.23. The molecule has 0 fully saturated rings. The summed E-state index contributed by atoms with van der Waals surface area (Å²) in [5.41, 5.74) is 4.30. The van der Waals surface area contributed by atoms with Crippen LogP contribution in [0.5, 0.6) is 0 Å². The number of anilines is 1. The van der Waals surface area contributed by atoms with E-state index >= 15 is 0 Å². The molecule has 0 atom stereocenters. The lowest BCUT2D eigenvalue weighted by molar-refractivity contribution is -0.118. The second-order valence-electron chi connectivity index (χ2n) is 7.71. The van der Waals surface area contributed by atoms with E-state index in [9.17, 15) is 9.18 Å². The highest BCUT2D eigenvalue weighted by atomic mass is 127. The number of amides is 1. The number of hydrogen-bond acceptors (Lipinski definition) is 2. The normalized spacial score (nSPS) is 13.1. The lowest BCUT2D eigenvalue weighted by Gasteiger charge is -2.17. The van der Waals surface area contributed by atoms with Crippen molar-refractivity contribution in [3.8, 4) is 0 Å². The van der Waals surface area contributed by atoms with Gasteiger partial charge in [0.1, 0.15) is 5.82 Å². The third kappa shape index (κ3) is 5.59. The molecule has 0 saturated carbocycles. The molecule has 6 nitrogen and oxygen atoms in total. The van der Waals surface area contributed by atoms with Crippen LogP contribution in [0.4, 0.5) is 10.1 Å². The first kappa shape index (κ1) is 24.0. The molecule has 1 amide bonds. The first-order valence-electron chi connectivity index (χ1n) is 10.7. The molecule has 170 valence electrons. The summed E-state index contributed by atoms with van der Waals surface area (Å²) in [5, 5.41) is 7.45. The lowest BCUT2D eigenvalue weighted by Crippen LogP contribution is -2.39. The van der Waals surface area contributed by atoms with Crippen molar-refractivity contribution in [3.05, 3.63) is 65.6 Å². The van der Waals surface area contributed by atoms with Crippen LogP contribution in [0.1, 0.15) is 24.0 Å². The van der Waals surface area contributed by atoms with Gasteiger partial charge in [-0.05, 0) is 54.7 Å². The van der Waals surface area contributed by atoms with Gasteiger partial charge in [-0.2, -0.15) is 0 Å². The van der Waals surface area contributed by atoms with Crippen molar-refractivity contribution in [1.29, 1.82) is 0 Å². The first-order chi connectivity index (χ1) is 15.2. The zero-order chi connectivity index (χ0) is 21.6. The molecule has 1 aromatic heterocycles. The van der Waals surface area contributed by atoms with Gasteiger partial charge in [0, 0.05) is 55.9 Å². The number of nitrogens with one attached hydrogen (secondary N) is 3. The summed E-state index contributed by atoms with van der Waals surface area (Å²) < 4.78 is 13.5. The van der Waals surface area contributed by atoms with E-state index in [-0.39, 0.29) is 35.7 Å². The SMILES string of the molecule is CN=C(NCCCC(=O)N1CCc2ccccc21)NCCc1c[nH]c2ccc(F)cc12.I. The summed E-state index contributed by atoms with van der Waals surface area (Å²) in [7, 11) is 1.72. The van der Waals surface area contributed by atoms with E-state index in [0.717, 1.165) is 48.0 Å². The van der Waals surface area contributed by atoms with Gasteiger partial charge in [0.2, 0.25) is 5.91 Å². The van der Waals surface area contributed by atoms with Gasteiger partial charge < -0.3 is 20.5 Å². The van der Waals surface area contributed by atoms with E-state index in [4.69, 9.17) is 0 Å². The Labute approximate surface area is 204 Å². The summed E-state index contributed by atoms with van der Waals surface area (Å²) in [6, 6.07) is 12.9. The molecule has 0 saturated heterocycles. The number of carbonyl (C=O) groups excluding carboxylic acids is 1. The molecule has 3 N–H and O–H groups in total. The van der Waals surface area contributed by atoms with Crippen LogP contribution in [0.25, 0.3) is 10.9 Å². The largest absolute Gasteiger partial charge is 0.361 e. The molecule has 4 rings (SSSR count). The molecule has 0 radical (unpaired) electrons. The molecule has 8 heteroatoms. The number of aromatic nitrogens is 1. The molecule has 2 aromatic carbocycles. The quantitative estimate of drug-likeness (QED) is 0.181. The minimum atomic E-state index is -0.231. The number of fused-ring (bicyclic) bond motifs is 2. The number of hydrogen-bond donors (Lipinski definition) is 3. The Morgan fingerprint density at radius 1 is 1.19 bits per heavy atom. The predicted molar refractivity (Wildman–Crippen MR) is 138 cm³/mol. The summed E-state index contributed by atoms with van der Waals surface area (Å²) in [5.74, 6) is 0.636. The third-order valence-corrected chi connectivity index (χ3v) is 5.69. The maximum Gasteiger partial charge on any atom is 0.227 e. The molecule has 32 heavy (non-hydrogen) atoms. The fourth-order valence-corrected chi connectivity index (χ4v) is 4.07. The Kier molecular flexibility index (Phi) is 8.49. The maximum absolute atomic E-state index is 13.5. The summed E-state index contributed by atoms with van der Waals surface area (Å²) in [4.78, 5) is 21.9. The fraction of sp³-hybridized carbons (Fsp3) is 0.333. The van der Waals surface area contributed by atoms with E-state index in [0.29, 0.717) is 25.5 Å². The lowest BCUT2D eigenvalue weighted by atomic mass is 10.1. The highest BCUT2D eigenvalue weighted by Crippen LogP contribution is 2.28. The monoisotopic (exact) mass is 549 g/mol. The molecule has 0 unspecified atom stereocenters. The second-order valence-corrected chi connectivity index (χ2v) is 7.71. The van der Waals surface area contributed by atoms with Crippen molar-refractivity contribution in [2.24, 2.45) is 4.99 Å².